The number of halogens is 1. The standard InChI is InChI=1S/C14H15FN2OS/c15-11-5-3-10(4-6-11)14(12-2-1-9-19-12)17-13(18)7-8-16/h1-6,9,14H,7-8,16H2,(H,17,18). The predicted octanol–water partition coefficient (Wildman–Crippen LogP) is 2.44. The molecule has 1 heterocycles. The number of rotatable bonds is 5. The van der Waals surface area contributed by atoms with E-state index in [1.165, 1.54) is 12.1 Å². The van der Waals surface area contributed by atoms with Gasteiger partial charge in [0.15, 0.2) is 0 Å². The van der Waals surface area contributed by atoms with Crippen molar-refractivity contribution in [2.45, 2.75) is 12.5 Å². The predicted molar refractivity (Wildman–Crippen MR) is 74.4 cm³/mol. The molecule has 3 N–H and O–H groups in total. The molecule has 0 aliphatic heterocycles. The molecule has 0 fully saturated rings. The number of thiophene rings is 1. The van der Waals surface area contributed by atoms with Crippen LogP contribution in [-0.2, 0) is 4.79 Å². The Bertz CT molecular complexity index is 525. The maximum atomic E-state index is 13.0. The van der Waals surface area contributed by atoms with Gasteiger partial charge in [-0.05, 0) is 29.1 Å². The molecule has 2 aromatic rings. The van der Waals surface area contributed by atoms with Crippen LogP contribution in [0.25, 0.3) is 0 Å². The first-order valence-electron chi connectivity index (χ1n) is 5.99. The maximum absolute atomic E-state index is 13.0. The summed E-state index contributed by atoms with van der Waals surface area (Å²) in [6.45, 7) is 0.312. The first-order chi connectivity index (χ1) is 9.20. The summed E-state index contributed by atoms with van der Waals surface area (Å²) < 4.78 is 13.0. The molecule has 0 radical (unpaired) electrons. The zero-order valence-corrected chi connectivity index (χ0v) is 11.1. The fourth-order valence-electron chi connectivity index (χ4n) is 1.79. The van der Waals surface area contributed by atoms with Gasteiger partial charge in [-0.1, -0.05) is 18.2 Å². The normalized spacial score (nSPS) is 12.1. The molecule has 0 aliphatic carbocycles. The summed E-state index contributed by atoms with van der Waals surface area (Å²) >= 11 is 1.55. The molecule has 1 amide bonds. The van der Waals surface area contributed by atoms with Gasteiger partial charge in [0.05, 0.1) is 6.04 Å². The number of hydrogen-bond acceptors (Lipinski definition) is 3. The van der Waals surface area contributed by atoms with E-state index in [1.807, 2.05) is 17.5 Å². The molecule has 1 unspecified atom stereocenters. The van der Waals surface area contributed by atoms with E-state index in [2.05, 4.69) is 5.32 Å². The Morgan fingerprint density at radius 2 is 2.05 bits per heavy atom. The molecule has 19 heavy (non-hydrogen) atoms. The maximum Gasteiger partial charge on any atom is 0.222 e. The average molecular weight is 278 g/mol. The van der Waals surface area contributed by atoms with E-state index in [1.54, 1.807) is 23.5 Å². The van der Waals surface area contributed by atoms with Crippen molar-refractivity contribution in [1.29, 1.82) is 0 Å². The number of nitrogens with two attached hydrogens (primary N) is 1. The molecule has 0 bridgehead atoms. The molecular formula is C14H15FN2OS. The van der Waals surface area contributed by atoms with E-state index in [0.29, 0.717) is 6.54 Å². The SMILES string of the molecule is NCCC(=O)NC(c1ccc(F)cc1)c1cccs1. The Morgan fingerprint density at radius 1 is 1.32 bits per heavy atom. The molecular weight excluding hydrogens is 263 g/mol. The van der Waals surface area contributed by atoms with Gasteiger partial charge in [-0.3, -0.25) is 4.79 Å². The van der Waals surface area contributed by atoms with Gasteiger partial charge in [-0.15, -0.1) is 11.3 Å². The number of benzene rings is 1. The Hall–Kier alpha value is -1.72. The van der Waals surface area contributed by atoms with Gasteiger partial charge < -0.3 is 11.1 Å². The molecule has 1 atom stereocenters. The summed E-state index contributed by atoms with van der Waals surface area (Å²) in [5.74, 6) is -0.396. The minimum Gasteiger partial charge on any atom is -0.344 e. The number of nitrogens with one attached hydrogen (secondary N) is 1. The minimum absolute atomic E-state index is 0.106. The smallest absolute Gasteiger partial charge is 0.222 e. The van der Waals surface area contributed by atoms with Crippen molar-refractivity contribution in [2.24, 2.45) is 5.73 Å². The van der Waals surface area contributed by atoms with Crippen LogP contribution in [0.1, 0.15) is 22.9 Å². The van der Waals surface area contributed by atoms with Crippen LogP contribution in [0.5, 0.6) is 0 Å². The Labute approximate surface area is 115 Å². The van der Waals surface area contributed by atoms with Gasteiger partial charge in [0.1, 0.15) is 5.82 Å². The highest BCUT2D eigenvalue weighted by Gasteiger charge is 2.17. The Morgan fingerprint density at radius 3 is 2.63 bits per heavy atom. The van der Waals surface area contributed by atoms with Gasteiger partial charge in [-0.25, -0.2) is 4.39 Å². The number of carbonyl (C=O) groups is 1. The summed E-state index contributed by atoms with van der Waals surface area (Å²) in [5, 5.41) is 4.87. The third-order valence-corrected chi connectivity index (χ3v) is 3.64. The van der Waals surface area contributed by atoms with E-state index in [9.17, 15) is 9.18 Å². The third kappa shape index (κ3) is 3.62. The van der Waals surface area contributed by atoms with E-state index in [-0.39, 0.29) is 24.2 Å². The van der Waals surface area contributed by atoms with Crippen molar-refractivity contribution >= 4 is 17.2 Å². The molecule has 0 aliphatic rings. The number of hydrogen-bond donors (Lipinski definition) is 2. The van der Waals surface area contributed by atoms with Gasteiger partial charge in [0.25, 0.3) is 0 Å². The van der Waals surface area contributed by atoms with Crippen LogP contribution in [0, 0.1) is 5.82 Å². The average Bonchev–Trinajstić information content (AvgIpc) is 2.91. The van der Waals surface area contributed by atoms with Crippen molar-refractivity contribution in [3.8, 4) is 0 Å². The molecule has 0 saturated heterocycles. The lowest BCUT2D eigenvalue weighted by atomic mass is 10.1. The second-order valence-electron chi connectivity index (χ2n) is 4.11. The molecule has 3 nitrogen and oxygen atoms in total. The Balaban J connectivity index is 2.24. The zero-order chi connectivity index (χ0) is 13.7. The first kappa shape index (κ1) is 13.7. The van der Waals surface area contributed by atoms with Gasteiger partial charge >= 0.3 is 0 Å². The lowest BCUT2D eigenvalue weighted by Crippen LogP contribution is -2.30. The topological polar surface area (TPSA) is 55.1 Å². The summed E-state index contributed by atoms with van der Waals surface area (Å²) in [5.41, 5.74) is 6.23. The van der Waals surface area contributed by atoms with Crippen LogP contribution >= 0.6 is 11.3 Å². The zero-order valence-electron chi connectivity index (χ0n) is 10.3. The van der Waals surface area contributed by atoms with Gasteiger partial charge in [0.2, 0.25) is 5.91 Å². The van der Waals surface area contributed by atoms with Crippen LogP contribution in [0.4, 0.5) is 4.39 Å². The second-order valence-corrected chi connectivity index (χ2v) is 5.09. The minimum atomic E-state index is -0.290. The quantitative estimate of drug-likeness (QED) is 0.882. The molecule has 100 valence electrons. The molecule has 1 aromatic heterocycles. The van der Waals surface area contributed by atoms with Gasteiger partial charge in [0, 0.05) is 17.8 Å². The van der Waals surface area contributed by atoms with E-state index < -0.39 is 0 Å². The van der Waals surface area contributed by atoms with Crippen LogP contribution in [0.3, 0.4) is 0 Å². The van der Waals surface area contributed by atoms with Crippen LogP contribution in [0.2, 0.25) is 0 Å². The van der Waals surface area contributed by atoms with Crippen LogP contribution < -0.4 is 11.1 Å². The van der Waals surface area contributed by atoms with E-state index in [4.69, 9.17) is 5.73 Å². The largest absolute Gasteiger partial charge is 0.344 e. The van der Waals surface area contributed by atoms with Crippen molar-refractivity contribution in [3.05, 3.63) is 58.0 Å². The number of carbonyl (C=O) groups excluding carboxylic acids is 1. The highest BCUT2D eigenvalue weighted by atomic mass is 32.1. The van der Waals surface area contributed by atoms with Crippen molar-refractivity contribution in [3.63, 3.8) is 0 Å². The summed E-state index contributed by atoms with van der Waals surface area (Å²) in [4.78, 5) is 12.7. The van der Waals surface area contributed by atoms with E-state index >= 15 is 0 Å². The lowest BCUT2D eigenvalue weighted by molar-refractivity contribution is -0.121. The molecule has 0 spiro atoms. The van der Waals surface area contributed by atoms with Crippen LogP contribution in [0.15, 0.2) is 41.8 Å². The molecule has 5 heteroatoms. The first-order valence-corrected chi connectivity index (χ1v) is 6.87. The molecule has 1 aromatic carbocycles. The molecule has 0 saturated carbocycles. The van der Waals surface area contributed by atoms with Crippen molar-refractivity contribution in [1.82, 2.24) is 5.32 Å². The second kappa shape index (κ2) is 6.45. The third-order valence-electron chi connectivity index (χ3n) is 2.71. The summed E-state index contributed by atoms with van der Waals surface area (Å²) in [7, 11) is 0. The van der Waals surface area contributed by atoms with Crippen molar-refractivity contribution in [2.75, 3.05) is 6.54 Å². The Kier molecular flexibility index (Phi) is 4.65. The monoisotopic (exact) mass is 278 g/mol. The summed E-state index contributed by atoms with van der Waals surface area (Å²) in [6, 6.07) is 9.77. The van der Waals surface area contributed by atoms with Crippen molar-refractivity contribution < 1.29 is 9.18 Å². The lowest BCUT2D eigenvalue weighted by Gasteiger charge is -2.18. The van der Waals surface area contributed by atoms with E-state index in [0.717, 1.165) is 10.4 Å². The van der Waals surface area contributed by atoms with Crippen LogP contribution in [-0.4, -0.2) is 12.5 Å². The van der Waals surface area contributed by atoms with Gasteiger partial charge in [-0.2, -0.15) is 0 Å². The fraction of sp³-hybridized carbons (Fsp3) is 0.214. The highest BCUT2D eigenvalue weighted by molar-refractivity contribution is 7.10. The summed E-state index contributed by atoms with van der Waals surface area (Å²) in [6.07, 6.45) is 0.281. The molecule has 2 rings (SSSR count). The number of amides is 1. The highest BCUT2D eigenvalue weighted by Crippen LogP contribution is 2.26. The fourth-order valence-corrected chi connectivity index (χ4v) is 2.60.